The molecule has 0 spiro atoms. The van der Waals surface area contributed by atoms with Crippen molar-refractivity contribution >= 4 is 11.9 Å². The number of aromatic carboxylic acids is 2. The minimum absolute atomic E-state index is 0.331. The van der Waals surface area contributed by atoms with E-state index in [0.717, 1.165) is 0 Å². The molecular weight excluding hydrogens is 388 g/mol. The van der Waals surface area contributed by atoms with Gasteiger partial charge in [0.15, 0.2) is 0 Å². The van der Waals surface area contributed by atoms with Crippen LogP contribution in [0.3, 0.4) is 0 Å². The van der Waals surface area contributed by atoms with Gasteiger partial charge < -0.3 is 25.5 Å². The molecule has 7 heteroatoms. The smallest absolute Gasteiger partial charge is 0.335 e. The third-order valence-electron chi connectivity index (χ3n) is 2.46. The van der Waals surface area contributed by atoms with Gasteiger partial charge in [-0.1, -0.05) is 48.6 Å². The molecule has 5 N–H and O–H groups in total. The highest BCUT2D eigenvalue weighted by atomic mass is 16.4. The molecule has 166 valence electrons. The van der Waals surface area contributed by atoms with E-state index < -0.39 is 18.0 Å². The quantitative estimate of drug-likeness (QED) is 0.478. The lowest BCUT2D eigenvalue weighted by atomic mass is 10.2. The van der Waals surface area contributed by atoms with Crippen LogP contribution in [0.2, 0.25) is 0 Å². The highest BCUT2D eigenvalue weighted by Gasteiger charge is 1.97. The minimum Gasteiger partial charge on any atom is -0.478 e. The van der Waals surface area contributed by atoms with Crippen LogP contribution in [0.1, 0.15) is 34.6 Å². The van der Waals surface area contributed by atoms with E-state index >= 15 is 0 Å². The first-order valence-electron chi connectivity index (χ1n) is 8.86. The number of rotatable bonds is 4. The van der Waals surface area contributed by atoms with Crippen molar-refractivity contribution in [1.29, 1.82) is 0 Å². The lowest BCUT2D eigenvalue weighted by molar-refractivity contribution is 0.0450. The van der Waals surface area contributed by atoms with Gasteiger partial charge >= 0.3 is 11.9 Å². The van der Waals surface area contributed by atoms with Gasteiger partial charge in [-0.15, -0.1) is 13.2 Å². The van der Waals surface area contributed by atoms with E-state index in [2.05, 4.69) is 13.2 Å². The van der Waals surface area contributed by atoms with Gasteiger partial charge in [0.05, 0.1) is 24.3 Å². The van der Waals surface area contributed by atoms with Gasteiger partial charge in [0.1, 0.15) is 6.10 Å². The first-order chi connectivity index (χ1) is 14.2. The zero-order valence-corrected chi connectivity index (χ0v) is 17.4. The van der Waals surface area contributed by atoms with Crippen LogP contribution in [-0.2, 0) is 0 Å². The summed E-state index contributed by atoms with van der Waals surface area (Å²) in [6.07, 6.45) is 2.55. The molecule has 0 aromatic heterocycles. The molecule has 0 amide bonds. The van der Waals surface area contributed by atoms with Gasteiger partial charge in [-0.25, -0.2) is 9.59 Å². The SMILES string of the molecule is C=CC.C=CC.O=C(O)c1ccccc1.O=C(O)c1ccccc1.OCC(O)CO. The summed E-state index contributed by atoms with van der Waals surface area (Å²) in [5, 5.41) is 40.8. The number of carboxylic acids is 2. The number of hydrogen-bond donors (Lipinski definition) is 5. The van der Waals surface area contributed by atoms with Crippen molar-refractivity contribution < 1.29 is 35.1 Å². The highest BCUT2D eigenvalue weighted by Crippen LogP contribution is 1.96. The van der Waals surface area contributed by atoms with E-state index in [1.165, 1.54) is 0 Å². The summed E-state index contributed by atoms with van der Waals surface area (Å²) in [7, 11) is 0. The molecule has 0 aliphatic heterocycles. The van der Waals surface area contributed by atoms with Crippen LogP contribution in [0.25, 0.3) is 0 Å². The lowest BCUT2D eigenvalue weighted by Gasteiger charge is -1.96. The number of carbonyl (C=O) groups is 2. The van der Waals surface area contributed by atoms with Gasteiger partial charge in [0.2, 0.25) is 0 Å². The molecule has 0 heterocycles. The van der Waals surface area contributed by atoms with Crippen molar-refractivity contribution in [1.82, 2.24) is 0 Å². The predicted octanol–water partition coefficient (Wildman–Crippen LogP) is 3.49. The van der Waals surface area contributed by atoms with Crippen molar-refractivity contribution in [3.63, 3.8) is 0 Å². The molecule has 2 rings (SSSR count). The van der Waals surface area contributed by atoms with Crippen molar-refractivity contribution in [3.8, 4) is 0 Å². The summed E-state index contributed by atoms with van der Waals surface area (Å²) in [4.78, 5) is 20.4. The van der Waals surface area contributed by atoms with Crippen LogP contribution in [0, 0.1) is 0 Å². The fourth-order valence-electron chi connectivity index (χ4n) is 1.22. The molecule has 0 aliphatic carbocycles. The number of carboxylic acid groups (broad SMARTS) is 2. The number of aliphatic hydroxyl groups excluding tert-OH is 3. The maximum Gasteiger partial charge on any atom is 0.335 e. The Hall–Kier alpha value is -3.26. The number of aliphatic hydroxyl groups is 3. The number of benzene rings is 2. The maximum absolute atomic E-state index is 10.2. The third-order valence-corrected chi connectivity index (χ3v) is 2.46. The highest BCUT2D eigenvalue weighted by molar-refractivity contribution is 5.87. The first-order valence-corrected chi connectivity index (χ1v) is 8.86. The molecule has 0 saturated heterocycles. The second-order valence-electron chi connectivity index (χ2n) is 5.18. The summed E-state index contributed by atoms with van der Waals surface area (Å²) in [6.45, 7) is 9.77. The van der Waals surface area contributed by atoms with Crippen LogP contribution in [0.4, 0.5) is 0 Å². The monoisotopic (exact) mass is 420 g/mol. The lowest BCUT2D eigenvalue weighted by Crippen LogP contribution is -2.15. The van der Waals surface area contributed by atoms with Gasteiger partial charge in [0, 0.05) is 0 Å². The molecule has 0 aliphatic rings. The minimum atomic E-state index is -0.954. The molecule has 30 heavy (non-hydrogen) atoms. The van der Waals surface area contributed by atoms with Crippen LogP contribution < -0.4 is 0 Å². The molecule has 7 nitrogen and oxygen atoms in total. The Balaban J connectivity index is -0.000000328. The van der Waals surface area contributed by atoms with E-state index in [1.54, 1.807) is 72.8 Å². The Labute approximate surface area is 177 Å². The molecule has 0 saturated carbocycles. The van der Waals surface area contributed by atoms with E-state index in [0.29, 0.717) is 11.1 Å². The molecule has 0 fully saturated rings. The maximum atomic E-state index is 10.2. The van der Waals surface area contributed by atoms with Crippen molar-refractivity contribution in [2.75, 3.05) is 13.2 Å². The second-order valence-corrected chi connectivity index (χ2v) is 5.18. The molecular formula is C23H32O7. The van der Waals surface area contributed by atoms with Crippen molar-refractivity contribution in [3.05, 3.63) is 97.1 Å². The summed E-state index contributed by atoms with van der Waals surface area (Å²) in [6, 6.07) is 16.6. The fourth-order valence-corrected chi connectivity index (χ4v) is 1.22. The van der Waals surface area contributed by atoms with Crippen LogP contribution in [0.5, 0.6) is 0 Å². The standard InChI is InChI=1S/2C7H6O2.C3H8O3.2C3H6/c2*8-7(9)6-4-2-1-3-5-6;4-1-3(6)2-5;2*1-3-2/h2*1-5H,(H,8,9);3-6H,1-2H2;2*3H,1H2,2H3. The predicted molar refractivity (Wildman–Crippen MR) is 119 cm³/mol. The molecule has 0 atom stereocenters. The summed E-state index contributed by atoms with van der Waals surface area (Å²) >= 11 is 0. The molecule has 0 radical (unpaired) electrons. The van der Waals surface area contributed by atoms with Crippen LogP contribution in [0.15, 0.2) is 86.0 Å². The zero-order valence-electron chi connectivity index (χ0n) is 17.4. The number of allylic oxidation sites excluding steroid dienone is 2. The Bertz CT molecular complexity index is 611. The van der Waals surface area contributed by atoms with Gasteiger partial charge in [-0.3, -0.25) is 0 Å². The molecule has 2 aromatic rings. The van der Waals surface area contributed by atoms with E-state index in [1.807, 2.05) is 13.8 Å². The average Bonchev–Trinajstić information content (AvgIpc) is 2.76. The molecule has 0 bridgehead atoms. The normalized spacial score (nSPS) is 8.20. The van der Waals surface area contributed by atoms with Crippen molar-refractivity contribution in [2.45, 2.75) is 20.0 Å². The average molecular weight is 421 g/mol. The second kappa shape index (κ2) is 23.8. The zero-order chi connectivity index (χ0) is 23.8. The Morgan fingerprint density at radius 2 is 1.00 bits per heavy atom. The Kier molecular flexibility index (Phi) is 24.9. The number of hydrogen-bond acceptors (Lipinski definition) is 5. The topological polar surface area (TPSA) is 135 Å². The molecule has 0 unspecified atom stereocenters. The summed E-state index contributed by atoms with van der Waals surface area (Å²) in [5.74, 6) is -1.76. The summed E-state index contributed by atoms with van der Waals surface area (Å²) < 4.78 is 0. The van der Waals surface area contributed by atoms with E-state index in [9.17, 15) is 9.59 Å². The van der Waals surface area contributed by atoms with Gasteiger partial charge in [-0.2, -0.15) is 0 Å². The Morgan fingerprint density at radius 1 is 0.767 bits per heavy atom. The van der Waals surface area contributed by atoms with Gasteiger partial charge in [-0.05, 0) is 38.1 Å². The van der Waals surface area contributed by atoms with Gasteiger partial charge in [0.25, 0.3) is 0 Å². The van der Waals surface area contributed by atoms with Crippen LogP contribution >= 0.6 is 0 Å². The fraction of sp³-hybridized carbons (Fsp3) is 0.217. The molecule has 2 aromatic carbocycles. The third kappa shape index (κ3) is 22.8. The van der Waals surface area contributed by atoms with E-state index in [4.69, 9.17) is 25.5 Å². The van der Waals surface area contributed by atoms with Crippen molar-refractivity contribution in [2.24, 2.45) is 0 Å². The van der Waals surface area contributed by atoms with Crippen LogP contribution in [-0.4, -0.2) is 56.8 Å². The van der Waals surface area contributed by atoms with E-state index in [-0.39, 0.29) is 13.2 Å². The largest absolute Gasteiger partial charge is 0.478 e. The summed E-state index contributed by atoms with van der Waals surface area (Å²) in [5.41, 5.74) is 0.662. The first kappa shape index (κ1) is 31.4. The Morgan fingerprint density at radius 3 is 1.10 bits per heavy atom.